The quantitative estimate of drug-likeness (QED) is 0.211. The molecule has 8 nitrogen and oxygen atoms in total. The smallest absolute Gasteiger partial charge is 0.325 e. The molecule has 96 valence electrons. The van der Waals surface area contributed by atoms with Crippen molar-refractivity contribution in [3.05, 3.63) is 0 Å². The second-order valence-electron chi connectivity index (χ2n) is 3.35. The molecule has 0 saturated heterocycles. The van der Waals surface area contributed by atoms with Gasteiger partial charge in [-0.2, -0.15) is 0 Å². The molecule has 0 radical (unpaired) electrons. The molecule has 0 aromatic carbocycles. The maximum absolute atomic E-state index is 10.5. The van der Waals surface area contributed by atoms with E-state index in [4.69, 9.17) is 20.0 Å². The summed E-state index contributed by atoms with van der Waals surface area (Å²) >= 11 is 0. The Hall–Kier alpha value is -0.340. The molecule has 0 aromatic heterocycles. The lowest BCUT2D eigenvalue weighted by atomic mass is 10.0. The summed E-state index contributed by atoms with van der Waals surface area (Å²) in [4.78, 5) is 27.0. The predicted molar refractivity (Wildman–Crippen MR) is 51.6 cm³/mol. The Kier molecular flexibility index (Phi) is 6.27. The van der Waals surface area contributed by atoms with Crippen molar-refractivity contribution < 1.29 is 39.6 Å². The van der Waals surface area contributed by atoms with E-state index in [0.717, 1.165) is 0 Å². The fraction of sp³-hybridized carbons (Fsp3) is 0.857. The van der Waals surface area contributed by atoms with Gasteiger partial charge in [-0.05, 0) is 6.42 Å². The van der Waals surface area contributed by atoms with Gasteiger partial charge in [0.1, 0.15) is 18.3 Å². The van der Waals surface area contributed by atoms with Crippen LogP contribution in [0.1, 0.15) is 6.42 Å². The van der Waals surface area contributed by atoms with Gasteiger partial charge in [-0.1, -0.05) is 0 Å². The predicted octanol–water partition coefficient (Wildman–Crippen LogP) is -2.80. The van der Waals surface area contributed by atoms with E-state index in [1.165, 1.54) is 0 Å². The normalized spacial score (nSPS) is 19.9. The first kappa shape index (κ1) is 15.7. The van der Waals surface area contributed by atoms with Crippen LogP contribution in [0.15, 0.2) is 0 Å². The molecule has 9 heteroatoms. The van der Waals surface area contributed by atoms with Crippen LogP contribution in [-0.4, -0.2) is 67.1 Å². The third-order valence-corrected chi connectivity index (χ3v) is 2.79. The summed E-state index contributed by atoms with van der Waals surface area (Å²) in [5.74, 6) is 0. The molecule has 0 heterocycles. The summed E-state index contributed by atoms with van der Waals surface area (Å²) in [6, 6.07) is 0. The average molecular weight is 258 g/mol. The number of carbonyl (C=O) groups excluding carboxylic acids is 1. The Morgan fingerprint density at radius 1 is 1.06 bits per heavy atom. The SMILES string of the molecule is O=CC(O)C(O)C(O)C(O)CCP(=O)(O)O. The molecular formula is C7H15O8P. The van der Waals surface area contributed by atoms with Crippen molar-refractivity contribution in [1.29, 1.82) is 0 Å². The van der Waals surface area contributed by atoms with Crippen molar-refractivity contribution in [2.75, 3.05) is 6.16 Å². The van der Waals surface area contributed by atoms with E-state index in [2.05, 4.69) is 0 Å². The Morgan fingerprint density at radius 3 is 1.94 bits per heavy atom. The van der Waals surface area contributed by atoms with Crippen molar-refractivity contribution in [1.82, 2.24) is 0 Å². The highest BCUT2D eigenvalue weighted by Gasteiger charge is 2.31. The highest BCUT2D eigenvalue weighted by Crippen LogP contribution is 2.35. The summed E-state index contributed by atoms with van der Waals surface area (Å²) < 4.78 is 10.5. The number of hydrogen-bond acceptors (Lipinski definition) is 6. The lowest BCUT2D eigenvalue weighted by Crippen LogP contribution is -2.45. The van der Waals surface area contributed by atoms with Crippen LogP contribution in [0.25, 0.3) is 0 Å². The van der Waals surface area contributed by atoms with E-state index >= 15 is 0 Å². The zero-order chi connectivity index (χ0) is 12.9. The van der Waals surface area contributed by atoms with Gasteiger partial charge in [0.15, 0.2) is 6.29 Å². The van der Waals surface area contributed by atoms with E-state index in [9.17, 15) is 19.6 Å². The second-order valence-corrected chi connectivity index (χ2v) is 5.13. The van der Waals surface area contributed by atoms with Crippen LogP contribution in [0.5, 0.6) is 0 Å². The van der Waals surface area contributed by atoms with E-state index in [-0.39, 0.29) is 6.29 Å². The van der Waals surface area contributed by atoms with E-state index in [1.807, 2.05) is 0 Å². The monoisotopic (exact) mass is 258 g/mol. The largest absolute Gasteiger partial charge is 0.390 e. The first-order chi connectivity index (χ1) is 7.19. The fourth-order valence-electron chi connectivity index (χ4n) is 0.981. The van der Waals surface area contributed by atoms with Gasteiger partial charge < -0.3 is 35.0 Å². The van der Waals surface area contributed by atoms with Gasteiger partial charge in [0.2, 0.25) is 0 Å². The number of aldehydes is 1. The molecule has 0 spiro atoms. The van der Waals surface area contributed by atoms with Crippen molar-refractivity contribution in [3.8, 4) is 0 Å². The standard InChI is InChI=1S/C7H15O8P/c8-3-5(10)7(12)6(11)4(9)1-2-16(13,14)15/h3-7,9-12H,1-2H2,(H2,13,14,15). The lowest BCUT2D eigenvalue weighted by Gasteiger charge is -2.24. The summed E-state index contributed by atoms with van der Waals surface area (Å²) in [5.41, 5.74) is 0. The molecule has 0 aromatic rings. The maximum Gasteiger partial charge on any atom is 0.325 e. The lowest BCUT2D eigenvalue weighted by molar-refractivity contribution is -0.133. The number of hydrogen-bond donors (Lipinski definition) is 6. The molecule has 0 rings (SSSR count). The Balaban J connectivity index is 4.22. The van der Waals surface area contributed by atoms with E-state index in [0.29, 0.717) is 0 Å². The molecule has 0 saturated carbocycles. The molecule has 0 amide bonds. The summed E-state index contributed by atoms with van der Waals surface area (Å²) in [5, 5.41) is 36.4. The Labute approximate surface area is 91.3 Å². The van der Waals surface area contributed by atoms with Gasteiger partial charge in [0, 0.05) is 0 Å². The molecular weight excluding hydrogens is 243 g/mol. The minimum absolute atomic E-state index is 0.0242. The van der Waals surface area contributed by atoms with E-state index < -0.39 is 44.6 Å². The molecule has 16 heavy (non-hydrogen) atoms. The van der Waals surface area contributed by atoms with Crippen molar-refractivity contribution in [2.45, 2.75) is 30.8 Å². The van der Waals surface area contributed by atoms with Gasteiger partial charge >= 0.3 is 7.60 Å². The molecule has 0 aliphatic rings. The van der Waals surface area contributed by atoms with Crippen LogP contribution in [0.2, 0.25) is 0 Å². The number of rotatable bonds is 7. The molecule has 4 unspecified atom stereocenters. The van der Waals surface area contributed by atoms with Gasteiger partial charge in [0.25, 0.3) is 0 Å². The molecule has 0 aliphatic heterocycles. The third kappa shape index (κ3) is 5.66. The fourth-order valence-corrected chi connectivity index (χ4v) is 1.58. The molecule has 0 fully saturated rings. The van der Waals surface area contributed by atoms with Crippen LogP contribution in [0, 0.1) is 0 Å². The summed E-state index contributed by atoms with van der Waals surface area (Å²) in [7, 11) is -4.30. The van der Waals surface area contributed by atoms with E-state index in [1.54, 1.807) is 0 Å². The molecule has 4 atom stereocenters. The van der Waals surface area contributed by atoms with Gasteiger partial charge in [0.05, 0.1) is 12.3 Å². The van der Waals surface area contributed by atoms with Crippen LogP contribution in [0.4, 0.5) is 0 Å². The Bertz CT molecular complexity index is 263. The minimum atomic E-state index is -4.30. The molecule has 6 N–H and O–H groups in total. The first-order valence-electron chi connectivity index (χ1n) is 4.41. The summed E-state index contributed by atoms with van der Waals surface area (Å²) in [6.45, 7) is 0. The van der Waals surface area contributed by atoms with Crippen molar-refractivity contribution in [3.63, 3.8) is 0 Å². The van der Waals surface area contributed by atoms with Crippen LogP contribution in [-0.2, 0) is 9.36 Å². The average Bonchev–Trinajstić information content (AvgIpc) is 2.21. The van der Waals surface area contributed by atoms with Crippen molar-refractivity contribution in [2.24, 2.45) is 0 Å². The Morgan fingerprint density at radius 2 is 1.56 bits per heavy atom. The molecule has 0 bridgehead atoms. The first-order valence-corrected chi connectivity index (χ1v) is 6.21. The van der Waals surface area contributed by atoms with Gasteiger partial charge in [-0.15, -0.1) is 0 Å². The zero-order valence-corrected chi connectivity index (χ0v) is 9.14. The van der Waals surface area contributed by atoms with Crippen LogP contribution < -0.4 is 0 Å². The van der Waals surface area contributed by atoms with Crippen LogP contribution >= 0.6 is 7.60 Å². The number of carbonyl (C=O) groups is 1. The van der Waals surface area contributed by atoms with Crippen LogP contribution in [0.3, 0.4) is 0 Å². The van der Waals surface area contributed by atoms with Crippen molar-refractivity contribution >= 4 is 13.9 Å². The zero-order valence-electron chi connectivity index (χ0n) is 8.25. The number of aliphatic hydroxyl groups excluding tert-OH is 4. The maximum atomic E-state index is 10.5. The van der Waals surface area contributed by atoms with Gasteiger partial charge in [-0.3, -0.25) is 4.57 Å². The minimum Gasteiger partial charge on any atom is -0.390 e. The molecule has 0 aliphatic carbocycles. The third-order valence-electron chi connectivity index (χ3n) is 1.95. The number of aliphatic hydroxyl groups is 4. The second kappa shape index (κ2) is 6.41. The topological polar surface area (TPSA) is 156 Å². The highest BCUT2D eigenvalue weighted by molar-refractivity contribution is 7.51. The van der Waals surface area contributed by atoms with Gasteiger partial charge in [-0.25, -0.2) is 0 Å². The highest BCUT2D eigenvalue weighted by atomic mass is 31.2. The summed E-state index contributed by atoms with van der Waals surface area (Å²) in [6.07, 6.45) is -8.42.